The van der Waals surface area contributed by atoms with Gasteiger partial charge in [-0.2, -0.15) is 0 Å². The van der Waals surface area contributed by atoms with Gasteiger partial charge in [0.1, 0.15) is 6.04 Å². The number of carbonyl (C=O) groups excluding carboxylic acids is 2. The Morgan fingerprint density at radius 2 is 2.10 bits per heavy atom. The Hall–Kier alpha value is -1.79. The molecular weight excluding hydrogens is 262 g/mol. The summed E-state index contributed by atoms with van der Waals surface area (Å²) in [5, 5.41) is 11.4. The van der Waals surface area contributed by atoms with E-state index in [2.05, 4.69) is 5.32 Å². The number of rotatable bonds is 6. The molecule has 0 aromatic carbocycles. The van der Waals surface area contributed by atoms with E-state index in [1.165, 1.54) is 0 Å². The number of primary amides is 1. The average molecular weight is 285 g/mol. The summed E-state index contributed by atoms with van der Waals surface area (Å²) in [6.45, 7) is 4.32. The lowest BCUT2D eigenvalue weighted by atomic mass is 9.97. The molecule has 0 aromatic rings. The predicted octanol–water partition coefficient (Wildman–Crippen LogP) is 0.535. The van der Waals surface area contributed by atoms with E-state index >= 15 is 0 Å². The predicted molar refractivity (Wildman–Crippen MR) is 72.9 cm³/mol. The van der Waals surface area contributed by atoms with Crippen molar-refractivity contribution >= 4 is 17.9 Å². The second-order valence-corrected chi connectivity index (χ2v) is 5.30. The largest absolute Gasteiger partial charge is 0.481 e. The number of hydrogen-bond acceptors (Lipinski definition) is 3. The van der Waals surface area contributed by atoms with Crippen LogP contribution in [0.5, 0.6) is 0 Å². The number of nitrogens with zero attached hydrogens (tertiary/aromatic N) is 1. The molecule has 1 rings (SSSR count). The number of nitrogens with two attached hydrogens (primary N) is 1. The third-order valence-corrected chi connectivity index (χ3v) is 3.85. The van der Waals surface area contributed by atoms with Crippen LogP contribution in [-0.2, 0) is 9.59 Å². The van der Waals surface area contributed by atoms with E-state index in [4.69, 9.17) is 10.8 Å². The Bertz CT molecular complexity index is 386. The standard InChI is InChI=1S/C13H23N3O4/c1-3-8(2)11(15-13(14)20)12(19)16-6-4-5-9(16)7-10(17)18/h8-9,11H,3-7H2,1-2H3,(H,17,18)(H3,14,15,20). The van der Waals surface area contributed by atoms with Crippen molar-refractivity contribution in [3.8, 4) is 0 Å². The van der Waals surface area contributed by atoms with E-state index in [0.717, 1.165) is 6.42 Å². The zero-order valence-electron chi connectivity index (χ0n) is 12.0. The van der Waals surface area contributed by atoms with Crippen LogP contribution in [0.15, 0.2) is 0 Å². The fraction of sp³-hybridized carbons (Fsp3) is 0.769. The van der Waals surface area contributed by atoms with Crippen molar-refractivity contribution in [2.24, 2.45) is 11.7 Å². The van der Waals surface area contributed by atoms with Gasteiger partial charge in [-0.3, -0.25) is 9.59 Å². The summed E-state index contributed by atoms with van der Waals surface area (Å²) in [4.78, 5) is 36.0. The lowest BCUT2D eigenvalue weighted by Crippen LogP contribution is -2.54. The molecule has 4 N–H and O–H groups in total. The summed E-state index contributed by atoms with van der Waals surface area (Å²) in [7, 11) is 0. The van der Waals surface area contributed by atoms with Crippen LogP contribution in [0.3, 0.4) is 0 Å². The Labute approximate surface area is 118 Å². The molecule has 0 spiro atoms. The van der Waals surface area contributed by atoms with Crippen LogP contribution in [0.1, 0.15) is 39.5 Å². The first-order chi connectivity index (χ1) is 9.36. The van der Waals surface area contributed by atoms with Crippen molar-refractivity contribution in [1.29, 1.82) is 0 Å². The molecule has 3 atom stereocenters. The molecule has 3 amide bonds. The van der Waals surface area contributed by atoms with E-state index in [1.807, 2.05) is 13.8 Å². The number of aliphatic carboxylic acids is 1. The van der Waals surface area contributed by atoms with E-state index in [9.17, 15) is 14.4 Å². The van der Waals surface area contributed by atoms with E-state index in [1.54, 1.807) is 4.90 Å². The first-order valence-corrected chi connectivity index (χ1v) is 6.95. The number of carboxylic acids is 1. The molecule has 1 aliphatic heterocycles. The highest BCUT2D eigenvalue weighted by molar-refractivity contribution is 5.87. The first-order valence-electron chi connectivity index (χ1n) is 6.95. The quantitative estimate of drug-likeness (QED) is 0.660. The molecule has 0 aromatic heterocycles. The zero-order valence-corrected chi connectivity index (χ0v) is 12.0. The van der Waals surface area contributed by atoms with Gasteiger partial charge in [-0.1, -0.05) is 20.3 Å². The minimum absolute atomic E-state index is 0.0546. The van der Waals surface area contributed by atoms with Gasteiger partial charge in [-0.15, -0.1) is 0 Å². The second kappa shape index (κ2) is 7.12. The Kier molecular flexibility index (Phi) is 5.79. The van der Waals surface area contributed by atoms with Gasteiger partial charge in [0, 0.05) is 12.6 Å². The fourth-order valence-corrected chi connectivity index (χ4v) is 2.55. The summed E-state index contributed by atoms with van der Waals surface area (Å²) in [6, 6.07) is -1.72. The van der Waals surface area contributed by atoms with Gasteiger partial charge in [0.15, 0.2) is 0 Å². The van der Waals surface area contributed by atoms with Crippen molar-refractivity contribution in [3.63, 3.8) is 0 Å². The molecule has 1 fully saturated rings. The molecule has 1 saturated heterocycles. The van der Waals surface area contributed by atoms with Crippen LogP contribution in [0.2, 0.25) is 0 Å². The Morgan fingerprint density at radius 3 is 2.60 bits per heavy atom. The maximum Gasteiger partial charge on any atom is 0.312 e. The van der Waals surface area contributed by atoms with Crippen LogP contribution in [0.4, 0.5) is 4.79 Å². The van der Waals surface area contributed by atoms with Crippen molar-refractivity contribution in [2.75, 3.05) is 6.54 Å². The molecule has 7 heteroatoms. The highest BCUT2D eigenvalue weighted by Gasteiger charge is 2.36. The molecular formula is C13H23N3O4. The first kappa shape index (κ1) is 16.3. The van der Waals surface area contributed by atoms with Gasteiger partial charge in [0.25, 0.3) is 0 Å². The lowest BCUT2D eigenvalue weighted by molar-refractivity contribution is -0.140. The molecule has 0 radical (unpaired) electrons. The summed E-state index contributed by atoms with van der Waals surface area (Å²) >= 11 is 0. The number of hydrogen-bond donors (Lipinski definition) is 3. The number of nitrogens with one attached hydrogen (secondary N) is 1. The van der Waals surface area contributed by atoms with Gasteiger partial charge in [0.2, 0.25) is 5.91 Å². The van der Waals surface area contributed by atoms with Gasteiger partial charge < -0.3 is 21.1 Å². The van der Waals surface area contributed by atoms with E-state index < -0.39 is 18.0 Å². The van der Waals surface area contributed by atoms with E-state index in [0.29, 0.717) is 19.4 Å². The molecule has 7 nitrogen and oxygen atoms in total. The summed E-state index contributed by atoms with van der Waals surface area (Å²) < 4.78 is 0. The minimum atomic E-state index is -0.919. The highest BCUT2D eigenvalue weighted by atomic mass is 16.4. The highest BCUT2D eigenvalue weighted by Crippen LogP contribution is 2.23. The van der Waals surface area contributed by atoms with E-state index in [-0.39, 0.29) is 24.3 Å². The van der Waals surface area contributed by atoms with Gasteiger partial charge >= 0.3 is 12.0 Å². The topological polar surface area (TPSA) is 113 Å². The minimum Gasteiger partial charge on any atom is -0.481 e. The Morgan fingerprint density at radius 1 is 1.45 bits per heavy atom. The number of carboxylic acid groups (broad SMARTS) is 1. The lowest BCUT2D eigenvalue weighted by Gasteiger charge is -2.31. The smallest absolute Gasteiger partial charge is 0.312 e. The molecule has 0 bridgehead atoms. The molecule has 1 aliphatic rings. The van der Waals surface area contributed by atoms with Gasteiger partial charge in [-0.25, -0.2) is 4.79 Å². The third-order valence-electron chi connectivity index (χ3n) is 3.85. The number of amides is 3. The fourth-order valence-electron chi connectivity index (χ4n) is 2.55. The molecule has 0 aliphatic carbocycles. The number of urea groups is 1. The SMILES string of the molecule is CCC(C)C(NC(N)=O)C(=O)N1CCCC1CC(=O)O. The average Bonchev–Trinajstić information content (AvgIpc) is 2.81. The number of carbonyl (C=O) groups is 3. The molecule has 1 heterocycles. The normalized spacial score (nSPS) is 21.3. The monoisotopic (exact) mass is 285 g/mol. The second-order valence-electron chi connectivity index (χ2n) is 5.30. The van der Waals surface area contributed by atoms with Crippen LogP contribution >= 0.6 is 0 Å². The van der Waals surface area contributed by atoms with Crippen LogP contribution in [0, 0.1) is 5.92 Å². The molecule has 3 unspecified atom stereocenters. The summed E-state index contributed by atoms with van der Waals surface area (Å²) in [6.07, 6.45) is 2.12. The van der Waals surface area contributed by atoms with Crippen molar-refractivity contribution in [3.05, 3.63) is 0 Å². The van der Waals surface area contributed by atoms with Crippen LogP contribution < -0.4 is 11.1 Å². The summed E-state index contributed by atoms with van der Waals surface area (Å²) in [5.41, 5.74) is 5.12. The molecule has 0 saturated carbocycles. The van der Waals surface area contributed by atoms with Crippen molar-refractivity contribution in [1.82, 2.24) is 10.2 Å². The molecule has 20 heavy (non-hydrogen) atoms. The molecule has 114 valence electrons. The van der Waals surface area contributed by atoms with Gasteiger partial charge in [0.05, 0.1) is 6.42 Å². The zero-order chi connectivity index (χ0) is 15.3. The van der Waals surface area contributed by atoms with Crippen LogP contribution in [-0.4, -0.2) is 46.5 Å². The maximum absolute atomic E-state index is 12.5. The van der Waals surface area contributed by atoms with Gasteiger partial charge in [-0.05, 0) is 18.8 Å². The Balaban J connectivity index is 2.81. The van der Waals surface area contributed by atoms with Crippen LogP contribution in [0.25, 0.3) is 0 Å². The third kappa shape index (κ3) is 4.11. The van der Waals surface area contributed by atoms with Crippen molar-refractivity contribution in [2.45, 2.75) is 51.6 Å². The number of likely N-dealkylation sites (tertiary alicyclic amines) is 1. The summed E-state index contributed by atoms with van der Waals surface area (Å²) in [5.74, 6) is -1.21. The maximum atomic E-state index is 12.5. The van der Waals surface area contributed by atoms with Crippen molar-refractivity contribution < 1.29 is 19.5 Å².